The maximum atomic E-state index is 6.00. The van der Waals surface area contributed by atoms with Crippen molar-refractivity contribution in [2.45, 2.75) is 31.9 Å². The number of benzene rings is 1. The van der Waals surface area contributed by atoms with E-state index in [0.29, 0.717) is 6.10 Å². The molecular weight excluding hydrogens is 290 g/mol. The van der Waals surface area contributed by atoms with Gasteiger partial charge in [0.15, 0.2) is 0 Å². The van der Waals surface area contributed by atoms with Crippen molar-refractivity contribution in [2.75, 3.05) is 33.5 Å². The molecule has 1 unspecified atom stereocenters. The van der Waals surface area contributed by atoms with Gasteiger partial charge in [-0.15, -0.1) is 0 Å². The zero-order chi connectivity index (χ0) is 14.9. The summed E-state index contributed by atoms with van der Waals surface area (Å²) in [6.45, 7) is 4.02. The van der Waals surface area contributed by atoms with E-state index in [1.807, 2.05) is 18.2 Å². The first kappa shape index (κ1) is 16.6. The predicted molar refractivity (Wildman–Crippen MR) is 84.1 cm³/mol. The summed E-state index contributed by atoms with van der Waals surface area (Å²) in [5.41, 5.74) is 1.07. The van der Waals surface area contributed by atoms with Crippen molar-refractivity contribution >= 4 is 11.6 Å². The van der Waals surface area contributed by atoms with E-state index in [1.54, 1.807) is 7.11 Å². The second kappa shape index (κ2) is 9.26. The topological polar surface area (TPSA) is 39.7 Å². The molecular formula is C16H24ClNO3. The van der Waals surface area contributed by atoms with Crippen LogP contribution in [0.15, 0.2) is 18.2 Å². The molecule has 1 aliphatic rings. The number of methoxy groups -OCH3 is 1. The Hall–Kier alpha value is -0.810. The zero-order valence-corrected chi connectivity index (χ0v) is 13.3. The molecule has 1 N–H and O–H groups in total. The molecule has 0 aromatic heterocycles. The van der Waals surface area contributed by atoms with Gasteiger partial charge in [0.1, 0.15) is 5.75 Å². The molecule has 1 saturated heterocycles. The molecule has 2 rings (SSSR count). The van der Waals surface area contributed by atoms with Gasteiger partial charge < -0.3 is 19.5 Å². The van der Waals surface area contributed by atoms with E-state index < -0.39 is 0 Å². The summed E-state index contributed by atoms with van der Waals surface area (Å²) in [6, 6.07) is 5.66. The number of hydrogen-bond donors (Lipinski definition) is 1. The van der Waals surface area contributed by atoms with Crippen LogP contribution in [0.3, 0.4) is 0 Å². The summed E-state index contributed by atoms with van der Waals surface area (Å²) in [4.78, 5) is 0. The van der Waals surface area contributed by atoms with Crippen LogP contribution < -0.4 is 10.1 Å². The Labute approximate surface area is 131 Å². The largest absolute Gasteiger partial charge is 0.496 e. The fourth-order valence-corrected chi connectivity index (χ4v) is 2.59. The molecule has 0 aliphatic carbocycles. The highest BCUT2D eigenvalue weighted by atomic mass is 35.5. The van der Waals surface area contributed by atoms with Crippen molar-refractivity contribution in [1.82, 2.24) is 5.32 Å². The Morgan fingerprint density at radius 2 is 2.33 bits per heavy atom. The van der Waals surface area contributed by atoms with E-state index in [4.69, 9.17) is 25.8 Å². The molecule has 4 nitrogen and oxygen atoms in total. The van der Waals surface area contributed by atoms with Crippen LogP contribution >= 0.6 is 11.6 Å². The number of rotatable bonds is 9. The molecule has 21 heavy (non-hydrogen) atoms. The highest BCUT2D eigenvalue weighted by Gasteiger charge is 2.14. The van der Waals surface area contributed by atoms with Crippen LogP contribution in [-0.4, -0.2) is 39.6 Å². The molecule has 1 atom stereocenters. The Kier molecular flexibility index (Phi) is 7.30. The second-order valence-electron chi connectivity index (χ2n) is 5.20. The lowest BCUT2D eigenvalue weighted by Gasteiger charge is -2.11. The van der Waals surface area contributed by atoms with Crippen molar-refractivity contribution in [3.05, 3.63) is 28.8 Å². The second-order valence-corrected chi connectivity index (χ2v) is 5.63. The fourth-order valence-electron chi connectivity index (χ4n) is 2.40. The minimum Gasteiger partial charge on any atom is -0.496 e. The molecule has 1 fully saturated rings. The number of hydrogen-bond acceptors (Lipinski definition) is 4. The fraction of sp³-hybridized carbons (Fsp3) is 0.625. The average Bonchev–Trinajstić information content (AvgIpc) is 3.00. The van der Waals surface area contributed by atoms with Gasteiger partial charge in [-0.05, 0) is 44.0 Å². The molecule has 1 aliphatic heterocycles. The van der Waals surface area contributed by atoms with Crippen molar-refractivity contribution in [2.24, 2.45) is 0 Å². The van der Waals surface area contributed by atoms with Gasteiger partial charge in [0.2, 0.25) is 0 Å². The van der Waals surface area contributed by atoms with Crippen LogP contribution in [0.1, 0.15) is 24.8 Å². The van der Waals surface area contributed by atoms with E-state index in [1.165, 1.54) is 0 Å². The third-order valence-electron chi connectivity index (χ3n) is 3.53. The predicted octanol–water partition coefficient (Wildman–Crippen LogP) is 3.02. The lowest BCUT2D eigenvalue weighted by Crippen LogP contribution is -2.19. The number of ether oxygens (including phenoxy) is 3. The van der Waals surface area contributed by atoms with Crippen LogP contribution in [0.5, 0.6) is 5.75 Å². The van der Waals surface area contributed by atoms with Gasteiger partial charge in [0.25, 0.3) is 0 Å². The van der Waals surface area contributed by atoms with Gasteiger partial charge in [-0.3, -0.25) is 0 Å². The molecule has 5 heteroatoms. The van der Waals surface area contributed by atoms with E-state index in [0.717, 1.165) is 68.5 Å². The average molecular weight is 314 g/mol. The van der Waals surface area contributed by atoms with Crippen LogP contribution in [0.2, 0.25) is 5.02 Å². The Balaban J connectivity index is 1.56. The molecule has 0 spiro atoms. The molecule has 0 amide bonds. The van der Waals surface area contributed by atoms with Crippen molar-refractivity contribution < 1.29 is 14.2 Å². The van der Waals surface area contributed by atoms with Crippen LogP contribution in [0.4, 0.5) is 0 Å². The monoisotopic (exact) mass is 313 g/mol. The summed E-state index contributed by atoms with van der Waals surface area (Å²) in [6.07, 6.45) is 3.59. The third kappa shape index (κ3) is 5.83. The summed E-state index contributed by atoms with van der Waals surface area (Å²) in [5, 5.41) is 4.11. The summed E-state index contributed by atoms with van der Waals surface area (Å²) < 4.78 is 16.4. The summed E-state index contributed by atoms with van der Waals surface area (Å²) in [7, 11) is 1.67. The van der Waals surface area contributed by atoms with E-state index in [-0.39, 0.29) is 0 Å². The summed E-state index contributed by atoms with van der Waals surface area (Å²) in [5.74, 6) is 0.863. The molecule has 0 bridgehead atoms. The summed E-state index contributed by atoms with van der Waals surface area (Å²) >= 11 is 6.00. The number of nitrogens with one attached hydrogen (secondary N) is 1. The van der Waals surface area contributed by atoms with Gasteiger partial charge in [-0.2, -0.15) is 0 Å². The van der Waals surface area contributed by atoms with Crippen LogP contribution in [0.25, 0.3) is 0 Å². The molecule has 0 radical (unpaired) electrons. The minimum absolute atomic E-state index is 0.314. The van der Waals surface area contributed by atoms with Crippen molar-refractivity contribution in [3.8, 4) is 5.75 Å². The first-order valence-electron chi connectivity index (χ1n) is 7.52. The normalized spacial score (nSPS) is 18.1. The van der Waals surface area contributed by atoms with Crippen LogP contribution in [0, 0.1) is 0 Å². The van der Waals surface area contributed by atoms with E-state index in [9.17, 15) is 0 Å². The van der Waals surface area contributed by atoms with E-state index >= 15 is 0 Å². The van der Waals surface area contributed by atoms with Gasteiger partial charge in [0.05, 0.1) is 19.8 Å². The SMILES string of the molecule is COc1ccc(Cl)cc1CNCCCOCC1CCCO1. The van der Waals surface area contributed by atoms with Gasteiger partial charge in [-0.25, -0.2) is 0 Å². The Morgan fingerprint density at radius 3 is 3.10 bits per heavy atom. The first-order chi connectivity index (χ1) is 10.3. The quantitative estimate of drug-likeness (QED) is 0.711. The standard InChI is InChI=1S/C16H24ClNO3/c1-19-16-6-5-14(17)10-13(16)11-18-7-3-8-20-12-15-4-2-9-21-15/h5-6,10,15,18H,2-4,7-9,11-12H2,1H3. The maximum Gasteiger partial charge on any atom is 0.123 e. The zero-order valence-electron chi connectivity index (χ0n) is 12.6. The molecule has 1 aromatic rings. The van der Waals surface area contributed by atoms with Crippen LogP contribution in [-0.2, 0) is 16.0 Å². The molecule has 118 valence electrons. The highest BCUT2D eigenvalue weighted by Crippen LogP contribution is 2.22. The Morgan fingerprint density at radius 1 is 1.43 bits per heavy atom. The van der Waals surface area contributed by atoms with Crippen molar-refractivity contribution in [1.29, 1.82) is 0 Å². The van der Waals surface area contributed by atoms with Gasteiger partial charge in [0, 0.05) is 30.3 Å². The maximum absolute atomic E-state index is 6.00. The van der Waals surface area contributed by atoms with E-state index in [2.05, 4.69) is 5.32 Å². The molecule has 1 aromatic carbocycles. The van der Waals surface area contributed by atoms with Crippen molar-refractivity contribution in [3.63, 3.8) is 0 Å². The molecule has 1 heterocycles. The lowest BCUT2D eigenvalue weighted by molar-refractivity contribution is 0.0166. The number of halogens is 1. The Bertz CT molecular complexity index is 422. The molecule has 0 saturated carbocycles. The van der Waals surface area contributed by atoms with Gasteiger partial charge in [-0.1, -0.05) is 11.6 Å². The lowest BCUT2D eigenvalue weighted by atomic mass is 10.2. The smallest absolute Gasteiger partial charge is 0.123 e. The highest BCUT2D eigenvalue weighted by molar-refractivity contribution is 6.30. The third-order valence-corrected chi connectivity index (χ3v) is 3.76. The first-order valence-corrected chi connectivity index (χ1v) is 7.90. The van der Waals surface area contributed by atoms with Gasteiger partial charge >= 0.3 is 0 Å². The minimum atomic E-state index is 0.314.